The molecule has 1 atom stereocenters. The third-order valence-corrected chi connectivity index (χ3v) is 3.69. The summed E-state index contributed by atoms with van der Waals surface area (Å²) in [5, 5.41) is 8.10. The molecule has 108 valence electrons. The summed E-state index contributed by atoms with van der Waals surface area (Å²) in [5.41, 5.74) is 4.03. The third kappa shape index (κ3) is 3.10. The normalized spacial score (nSPS) is 12.6. The van der Waals surface area contributed by atoms with Crippen molar-refractivity contribution in [3.05, 3.63) is 53.3 Å². The maximum absolute atomic E-state index is 4.42. The Morgan fingerprint density at radius 2 is 1.95 bits per heavy atom. The highest BCUT2D eigenvalue weighted by molar-refractivity contribution is 5.35. The molecule has 1 aromatic carbocycles. The van der Waals surface area contributed by atoms with Crippen LogP contribution < -0.4 is 5.32 Å². The van der Waals surface area contributed by atoms with Gasteiger partial charge < -0.3 is 5.32 Å². The predicted molar refractivity (Wildman–Crippen MR) is 83.9 cm³/mol. The molecule has 3 nitrogen and oxygen atoms in total. The zero-order chi connectivity index (χ0) is 14.4. The molecular weight excluding hydrogens is 246 g/mol. The average Bonchev–Trinajstić information content (AvgIpc) is 2.96. The minimum atomic E-state index is 0.230. The van der Waals surface area contributed by atoms with Crippen LogP contribution in [0, 0.1) is 0 Å². The lowest BCUT2D eigenvalue weighted by molar-refractivity contribution is 0.527. The molecule has 0 spiro atoms. The van der Waals surface area contributed by atoms with Gasteiger partial charge in [-0.05, 0) is 43.5 Å². The van der Waals surface area contributed by atoms with Gasteiger partial charge in [0.1, 0.15) is 0 Å². The van der Waals surface area contributed by atoms with Gasteiger partial charge in [-0.15, -0.1) is 0 Å². The first-order valence-electron chi connectivity index (χ1n) is 7.64. The molecule has 1 N–H and O–H groups in total. The topological polar surface area (TPSA) is 29.9 Å². The van der Waals surface area contributed by atoms with Gasteiger partial charge in [0.05, 0.1) is 11.7 Å². The second kappa shape index (κ2) is 7.25. The van der Waals surface area contributed by atoms with Crippen molar-refractivity contribution in [2.24, 2.45) is 0 Å². The molecule has 0 amide bonds. The smallest absolute Gasteiger partial charge is 0.0750 e. The van der Waals surface area contributed by atoms with Crippen LogP contribution in [0.1, 0.15) is 50.1 Å². The lowest BCUT2D eigenvalue weighted by atomic mass is 9.96. The standard InChI is InChI=1S/C17H25N3/c1-4-12-18-17(16-11-13-19-20(16)6-3)15-10-8-7-9-14(15)5-2/h7-11,13,17-18H,4-6,12H2,1-3H3. The highest BCUT2D eigenvalue weighted by Crippen LogP contribution is 2.25. The number of benzene rings is 1. The summed E-state index contributed by atoms with van der Waals surface area (Å²) < 4.78 is 2.08. The molecular formula is C17H25N3. The van der Waals surface area contributed by atoms with Crippen LogP contribution in [-0.2, 0) is 13.0 Å². The van der Waals surface area contributed by atoms with E-state index in [1.165, 1.54) is 16.8 Å². The first kappa shape index (κ1) is 14.8. The van der Waals surface area contributed by atoms with Gasteiger partial charge >= 0.3 is 0 Å². The van der Waals surface area contributed by atoms with Gasteiger partial charge in [0.15, 0.2) is 0 Å². The van der Waals surface area contributed by atoms with E-state index in [1.54, 1.807) is 0 Å². The summed E-state index contributed by atoms with van der Waals surface area (Å²) in [4.78, 5) is 0. The van der Waals surface area contributed by atoms with E-state index in [0.717, 1.165) is 25.9 Å². The molecule has 2 aromatic rings. The van der Waals surface area contributed by atoms with Gasteiger partial charge in [-0.2, -0.15) is 5.10 Å². The van der Waals surface area contributed by atoms with E-state index in [-0.39, 0.29) is 6.04 Å². The fourth-order valence-electron chi connectivity index (χ4n) is 2.65. The van der Waals surface area contributed by atoms with Crippen LogP contribution in [-0.4, -0.2) is 16.3 Å². The van der Waals surface area contributed by atoms with Crippen LogP contribution in [0.4, 0.5) is 0 Å². The van der Waals surface area contributed by atoms with E-state index in [4.69, 9.17) is 0 Å². The zero-order valence-electron chi connectivity index (χ0n) is 12.8. The van der Waals surface area contributed by atoms with Crippen molar-refractivity contribution in [2.75, 3.05) is 6.54 Å². The van der Waals surface area contributed by atoms with E-state index in [0.29, 0.717) is 0 Å². The highest BCUT2D eigenvalue weighted by atomic mass is 15.3. The van der Waals surface area contributed by atoms with Gasteiger partial charge in [-0.3, -0.25) is 4.68 Å². The molecule has 20 heavy (non-hydrogen) atoms. The number of aryl methyl sites for hydroxylation is 2. The van der Waals surface area contributed by atoms with Crippen molar-refractivity contribution in [1.82, 2.24) is 15.1 Å². The second-order valence-corrected chi connectivity index (χ2v) is 5.01. The Bertz CT molecular complexity index is 531. The monoisotopic (exact) mass is 271 g/mol. The van der Waals surface area contributed by atoms with Crippen molar-refractivity contribution in [2.45, 2.75) is 46.2 Å². The number of aromatic nitrogens is 2. The lowest BCUT2D eigenvalue weighted by Crippen LogP contribution is -2.26. The van der Waals surface area contributed by atoms with E-state index < -0.39 is 0 Å². The van der Waals surface area contributed by atoms with Gasteiger partial charge in [-0.1, -0.05) is 38.1 Å². The van der Waals surface area contributed by atoms with Gasteiger partial charge in [-0.25, -0.2) is 0 Å². The molecule has 0 aliphatic heterocycles. The molecule has 3 heteroatoms. The Morgan fingerprint density at radius 1 is 1.15 bits per heavy atom. The summed E-state index contributed by atoms with van der Waals surface area (Å²) in [7, 11) is 0. The van der Waals surface area contributed by atoms with Crippen LogP contribution in [0.25, 0.3) is 0 Å². The Morgan fingerprint density at radius 3 is 2.65 bits per heavy atom. The molecule has 1 aromatic heterocycles. The van der Waals surface area contributed by atoms with Gasteiger partial charge in [0.2, 0.25) is 0 Å². The Balaban J connectivity index is 2.41. The van der Waals surface area contributed by atoms with Crippen molar-refractivity contribution in [3.63, 3.8) is 0 Å². The van der Waals surface area contributed by atoms with Crippen LogP contribution >= 0.6 is 0 Å². The molecule has 0 aliphatic carbocycles. The summed E-state index contributed by atoms with van der Waals surface area (Å²) in [6, 6.07) is 11.1. The van der Waals surface area contributed by atoms with E-state index in [2.05, 4.69) is 66.2 Å². The summed E-state index contributed by atoms with van der Waals surface area (Å²) in [5.74, 6) is 0. The van der Waals surface area contributed by atoms with Crippen LogP contribution in [0.3, 0.4) is 0 Å². The molecule has 1 heterocycles. The summed E-state index contributed by atoms with van der Waals surface area (Å²) >= 11 is 0. The highest BCUT2D eigenvalue weighted by Gasteiger charge is 2.19. The maximum atomic E-state index is 4.42. The zero-order valence-corrected chi connectivity index (χ0v) is 12.8. The van der Waals surface area contributed by atoms with Crippen molar-refractivity contribution in [1.29, 1.82) is 0 Å². The SMILES string of the molecule is CCCNC(c1ccccc1CC)c1ccnn1CC. The maximum Gasteiger partial charge on any atom is 0.0750 e. The van der Waals surface area contributed by atoms with Crippen LogP contribution in [0.15, 0.2) is 36.5 Å². The minimum absolute atomic E-state index is 0.230. The van der Waals surface area contributed by atoms with E-state index in [9.17, 15) is 0 Å². The quantitative estimate of drug-likeness (QED) is 0.834. The molecule has 0 saturated heterocycles. The third-order valence-electron chi connectivity index (χ3n) is 3.69. The lowest BCUT2D eigenvalue weighted by Gasteiger charge is -2.22. The first-order chi connectivity index (χ1) is 9.81. The Labute approximate surface area is 122 Å². The van der Waals surface area contributed by atoms with Crippen LogP contribution in [0.5, 0.6) is 0 Å². The van der Waals surface area contributed by atoms with Crippen LogP contribution in [0.2, 0.25) is 0 Å². The first-order valence-corrected chi connectivity index (χ1v) is 7.64. The fraction of sp³-hybridized carbons (Fsp3) is 0.471. The molecule has 0 radical (unpaired) electrons. The molecule has 1 unspecified atom stereocenters. The predicted octanol–water partition coefficient (Wildman–Crippen LogP) is 3.55. The number of nitrogens with zero attached hydrogens (tertiary/aromatic N) is 2. The van der Waals surface area contributed by atoms with E-state index in [1.807, 2.05) is 6.20 Å². The minimum Gasteiger partial charge on any atom is -0.305 e. The fourth-order valence-corrected chi connectivity index (χ4v) is 2.65. The van der Waals surface area contributed by atoms with E-state index >= 15 is 0 Å². The molecule has 0 aliphatic rings. The molecule has 0 fully saturated rings. The average molecular weight is 271 g/mol. The molecule has 0 saturated carbocycles. The molecule has 2 rings (SSSR count). The summed E-state index contributed by atoms with van der Waals surface area (Å²) in [6.07, 6.45) is 4.08. The Kier molecular flexibility index (Phi) is 5.36. The number of rotatable bonds is 7. The largest absolute Gasteiger partial charge is 0.305 e. The second-order valence-electron chi connectivity index (χ2n) is 5.01. The van der Waals surface area contributed by atoms with Gasteiger partial charge in [0, 0.05) is 12.7 Å². The van der Waals surface area contributed by atoms with Gasteiger partial charge in [0.25, 0.3) is 0 Å². The summed E-state index contributed by atoms with van der Waals surface area (Å²) in [6.45, 7) is 8.47. The van der Waals surface area contributed by atoms with Crippen molar-refractivity contribution >= 4 is 0 Å². The van der Waals surface area contributed by atoms with Crippen molar-refractivity contribution in [3.8, 4) is 0 Å². The number of hydrogen-bond donors (Lipinski definition) is 1. The Hall–Kier alpha value is -1.61. The number of hydrogen-bond acceptors (Lipinski definition) is 2. The van der Waals surface area contributed by atoms with Crippen molar-refractivity contribution < 1.29 is 0 Å². The molecule has 0 bridgehead atoms. The number of nitrogens with one attached hydrogen (secondary N) is 1.